The van der Waals surface area contributed by atoms with Crippen LogP contribution in [-0.4, -0.2) is 12.9 Å². The minimum Gasteiger partial charge on any atom is -0.349 e. The van der Waals surface area contributed by atoms with Gasteiger partial charge in [-0.15, -0.1) is 0 Å². The Kier molecular flexibility index (Phi) is 3.39. The molecule has 1 fully saturated rings. The van der Waals surface area contributed by atoms with Crippen LogP contribution < -0.4 is 0 Å². The fourth-order valence-corrected chi connectivity index (χ4v) is 0.923. The van der Waals surface area contributed by atoms with Crippen LogP contribution in [0, 0.1) is 0 Å². The summed E-state index contributed by atoms with van der Waals surface area (Å²) in [5.41, 5.74) is 0. The molecule has 1 unspecified atom stereocenters. The first-order chi connectivity index (χ1) is 5.29. The second kappa shape index (κ2) is 4.36. The van der Waals surface area contributed by atoms with Gasteiger partial charge in [-0.3, -0.25) is 0 Å². The van der Waals surface area contributed by atoms with Crippen molar-refractivity contribution in [2.24, 2.45) is 0 Å². The number of ether oxygens (including phenoxy) is 1. The SMILES string of the molecule is C=C(C)OOC1CCCCO1. The summed E-state index contributed by atoms with van der Waals surface area (Å²) < 4.78 is 5.24. The number of allylic oxidation sites excluding steroid dienone is 1. The Labute approximate surface area is 66.9 Å². The normalized spacial score (nSPS) is 24.6. The van der Waals surface area contributed by atoms with Crippen LogP contribution in [0.15, 0.2) is 12.3 Å². The first-order valence-electron chi connectivity index (χ1n) is 3.89. The van der Waals surface area contributed by atoms with Gasteiger partial charge in [0.2, 0.25) is 6.29 Å². The molecule has 1 saturated heterocycles. The van der Waals surface area contributed by atoms with Crippen molar-refractivity contribution in [3.05, 3.63) is 12.3 Å². The third-order valence-electron chi connectivity index (χ3n) is 1.44. The molecule has 11 heavy (non-hydrogen) atoms. The summed E-state index contributed by atoms with van der Waals surface area (Å²) >= 11 is 0. The third-order valence-corrected chi connectivity index (χ3v) is 1.44. The average molecular weight is 158 g/mol. The molecule has 1 heterocycles. The van der Waals surface area contributed by atoms with Gasteiger partial charge in [-0.1, -0.05) is 6.58 Å². The summed E-state index contributed by atoms with van der Waals surface area (Å²) in [6, 6.07) is 0. The molecule has 0 aliphatic carbocycles. The van der Waals surface area contributed by atoms with E-state index in [4.69, 9.17) is 14.5 Å². The van der Waals surface area contributed by atoms with Crippen molar-refractivity contribution >= 4 is 0 Å². The Hall–Kier alpha value is -0.540. The lowest BCUT2D eigenvalue weighted by atomic mass is 10.2. The topological polar surface area (TPSA) is 27.7 Å². The first-order valence-corrected chi connectivity index (χ1v) is 3.89. The van der Waals surface area contributed by atoms with Crippen LogP contribution in [0.1, 0.15) is 26.2 Å². The number of rotatable bonds is 3. The second-order valence-corrected chi connectivity index (χ2v) is 2.68. The van der Waals surface area contributed by atoms with E-state index in [2.05, 4.69) is 6.58 Å². The van der Waals surface area contributed by atoms with Crippen molar-refractivity contribution in [3.8, 4) is 0 Å². The maximum absolute atomic E-state index is 5.24. The molecule has 0 spiro atoms. The molecule has 1 rings (SSSR count). The van der Waals surface area contributed by atoms with E-state index in [0.717, 1.165) is 25.9 Å². The molecular weight excluding hydrogens is 144 g/mol. The van der Waals surface area contributed by atoms with Crippen LogP contribution in [0.5, 0.6) is 0 Å². The van der Waals surface area contributed by atoms with E-state index in [0.29, 0.717) is 5.76 Å². The van der Waals surface area contributed by atoms with Crippen molar-refractivity contribution in [2.45, 2.75) is 32.5 Å². The van der Waals surface area contributed by atoms with Gasteiger partial charge in [-0.2, -0.15) is 4.89 Å². The smallest absolute Gasteiger partial charge is 0.202 e. The molecular formula is C8H14O3. The Bertz CT molecular complexity index is 127. The lowest BCUT2D eigenvalue weighted by Crippen LogP contribution is -2.21. The molecule has 64 valence electrons. The summed E-state index contributed by atoms with van der Waals surface area (Å²) in [7, 11) is 0. The standard InChI is InChI=1S/C8H14O3/c1-7(2)10-11-8-5-3-4-6-9-8/h8H,1,3-6H2,2H3. The number of hydrogen-bond acceptors (Lipinski definition) is 3. The van der Waals surface area contributed by atoms with Crippen molar-refractivity contribution < 1.29 is 14.5 Å². The van der Waals surface area contributed by atoms with Crippen molar-refractivity contribution in [1.29, 1.82) is 0 Å². The second-order valence-electron chi connectivity index (χ2n) is 2.68. The molecule has 0 amide bonds. The van der Waals surface area contributed by atoms with E-state index < -0.39 is 0 Å². The molecule has 1 aliphatic rings. The third kappa shape index (κ3) is 3.39. The van der Waals surface area contributed by atoms with E-state index in [9.17, 15) is 0 Å². The molecule has 1 atom stereocenters. The zero-order valence-electron chi connectivity index (χ0n) is 6.84. The Balaban J connectivity index is 2.09. The van der Waals surface area contributed by atoms with E-state index >= 15 is 0 Å². The Morgan fingerprint density at radius 3 is 2.91 bits per heavy atom. The summed E-state index contributed by atoms with van der Waals surface area (Å²) in [5, 5.41) is 0. The first kappa shape index (κ1) is 8.56. The maximum Gasteiger partial charge on any atom is 0.202 e. The summed E-state index contributed by atoms with van der Waals surface area (Å²) in [6.07, 6.45) is 2.98. The minimum absolute atomic E-state index is 0.194. The molecule has 0 radical (unpaired) electrons. The lowest BCUT2D eigenvalue weighted by molar-refractivity contribution is -0.362. The van der Waals surface area contributed by atoms with Gasteiger partial charge < -0.3 is 9.62 Å². The Morgan fingerprint density at radius 2 is 2.36 bits per heavy atom. The largest absolute Gasteiger partial charge is 0.349 e. The van der Waals surface area contributed by atoms with Crippen LogP contribution in [0.4, 0.5) is 0 Å². The summed E-state index contributed by atoms with van der Waals surface area (Å²) in [5.74, 6) is 0.555. The highest BCUT2D eigenvalue weighted by Crippen LogP contribution is 2.14. The van der Waals surface area contributed by atoms with Crippen LogP contribution in [-0.2, 0) is 14.5 Å². The molecule has 0 N–H and O–H groups in total. The zero-order chi connectivity index (χ0) is 8.10. The molecule has 0 aromatic carbocycles. The molecule has 0 saturated carbocycles. The monoisotopic (exact) mass is 158 g/mol. The van der Waals surface area contributed by atoms with Crippen molar-refractivity contribution in [1.82, 2.24) is 0 Å². The average Bonchev–Trinajstić information content (AvgIpc) is 2.03. The van der Waals surface area contributed by atoms with Crippen LogP contribution in [0.3, 0.4) is 0 Å². The van der Waals surface area contributed by atoms with Crippen LogP contribution in [0.2, 0.25) is 0 Å². The van der Waals surface area contributed by atoms with Gasteiger partial charge in [-0.05, 0) is 19.8 Å². The molecule has 1 aliphatic heterocycles. The highest BCUT2D eigenvalue weighted by Gasteiger charge is 2.15. The predicted octanol–water partition coefficient (Wildman–Crippen LogP) is 1.99. The van der Waals surface area contributed by atoms with Gasteiger partial charge in [0.25, 0.3) is 0 Å². The quantitative estimate of drug-likeness (QED) is 0.357. The fourth-order valence-electron chi connectivity index (χ4n) is 0.923. The lowest BCUT2D eigenvalue weighted by Gasteiger charge is -2.20. The van der Waals surface area contributed by atoms with E-state index in [-0.39, 0.29) is 6.29 Å². The summed E-state index contributed by atoms with van der Waals surface area (Å²) in [4.78, 5) is 9.68. The van der Waals surface area contributed by atoms with Gasteiger partial charge in [0.15, 0.2) is 0 Å². The summed E-state index contributed by atoms with van der Waals surface area (Å²) in [6.45, 7) is 6.04. The van der Waals surface area contributed by atoms with E-state index in [1.165, 1.54) is 0 Å². The molecule has 0 aromatic heterocycles. The minimum atomic E-state index is -0.194. The number of hydrogen-bond donors (Lipinski definition) is 0. The van der Waals surface area contributed by atoms with Gasteiger partial charge in [-0.25, -0.2) is 0 Å². The molecule has 3 nitrogen and oxygen atoms in total. The fraction of sp³-hybridized carbons (Fsp3) is 0.750. The van der Waals surface area contributed by atoms with Gasteiger partial charge >= 0.3 is 0 Å². The molecule has 3 heteroatoms. The molecule has 0 aromatic rings. The van der Waals surface area contributed by atoms with Crippen molar-refractivity contribution in [3.63, 3.8) is 0 Å². The molecule has 0 bridgehead atoms. The van der Waals surface area contributed by atoms with Crippen LogP contribution in [0.25, 0.3) is 0 Å². The van der Waals surface area contributed by atoms with Gasteiger partial charge in [0.05, 0.1) is 0 Å². The Morgan fingerprint density at radius 1 is 1.55 bits per heavy atom. The highest BCUT2D eigenvalue weighted by molar-refractivity contribution is 4.70. The van der Waals surface area contributed by atoms with E-state index in [1.54, 1.807) is 6.92 Å². The van der Waals surface area contributed by atoms with E-state index in [1.807, 2.05) is 0 Å². The van der Waals surface area contributed by atoms with Gasteiger partial charge in [0.1, 0.15) is 5.76 Å². The zero-order valence-corrected chi connectivity index (χ0v) is 6.84. The van der Waals surface area contributed by atoms with Crippen LogP contribution >= 0.6 is 0 Å². The van der Waals surface area contributed by atoms with Gasteiger partial charge in [0, 0.05) is 13.0 Å². The maximum atomic E-state index is 5.24. The highest BCUT2D eigenvalue weighted by atomic mass is 17.2. The predicted molar refractivity (Wildman–Crippen MR) is 40.6 cm³/mol. The van der Waals surface area contributed by atoms with Crippen molar-refractivity contribution in [2.75, 3.05) is 6.61 Å².